The van der Waals surface area contributed by atoms with E-state index in [0.717, 1.165) is 22.6 Å². The molecule has 0 spiro atoms. The van der Waals surface area contributed by atoms with E-state index in [9.17, 15) is 14.4 Å². The Bertz CT molecular complexity index is 1580. The molecule has 9 nitrogen and oxygen atoms in total. The lowest BCUT2D eigenvalue weighted by molar-refractivity contribution is -0.142. The number of hydrogen-bond donors (Lipinski definition) is 0. The van der Waals surface area contributed by atoms with E-state index >= 15 is 0 Å². The second kappa shape index (κ2) is 9.93. The van der Waals surface area contributed by atoms with E-state index in [4.69, 9.17) is 14.2 Å². The Hall–Kier alpha value is -4.40. The van der Waals surface area contributed by atoms with E-state index in [-0.39, 0.29) is 30.8 Å². The molecule has 0 N–H and O–H groups in total. The summed E-state index contributed by atoms with van der Waals surface area (Å²) >= 11 is 0. The Morgan fingerprint density at radius 2 is 1.78 bits per heavy atom. The minimum Gasteiger partial charge on any atom is -0.486 e. The smallest absolute Gasteiger partial charge is 0.306 e. The minimum atomic E-state index is -0.531. The lowest BCUT2D eigenvalue weighted by Crippen LogP contribution is -2.19. The predicted molar refractivity (Wildman–Crippen MR) is 137 cm³/mol. The highest BCUT2D eigenvalue weighted by molar-refractivity contribution is 5.99. The van der Waals surface area contributed by atoms with Crippen LogP contribution in [0.4, 0.5) is 0 Å². The lowest BCUT2D eigenvalue weighted by Gasteiger charge is -2.20. The summed E-state index contributed by atoms with van der Waals surface area (Å²) < 4.78 is 20.3. The number of para-hydroxylation sites is 1. The van der Waals surface area contributed by atoms with Crippen LogP contribution in [-0.4, -0.2) is 45.7 Å². The zero-order chi connectivity index (χ0) is 26.1. The summed E-state index contributed by atoms with van der Waals surface area (Å²) in [6, 6.07) is 14.6. The van der Waals surface area contributed by atoms with Crippen molar-refractivity contribution in [3.05, 3.63) is 81.7 Å². The Labute approximate surface area is 213 Å². The fourth-order valence-electron chi connectivity index (χ4n) is 4.69. The summed E-state index contributed by atoms with van der Waals surface area (Å²) in [7, 11) is 1.80. The Kier molecular flexibility index (Phi) is 6.52. The largest absolute Gasteiger partial charge is 0.486 e. The molecule has 0 saturated heterocycles. The third kappa shape index (κ3) is 4.72. The van der Waals surface area contributed by atoms with Gasteiger partial charge >= 0.3 is 5.97 Å². The number of carbonyl (C=O) groups is 2. The average molecular weight is 502 g/mol. The van der Waals surface area contributed by atoms with E-state index in [1.165, 1.54) is 0 Å². The van der Waals surface area contributed by atoms with Crippen LogP contribution < -0.4 is 15.0 Å². The lowest BCUT2D eigenvalue weighted by atomic mass is 10.1. The normalized spacial score (nSPS) is 12.5. The van der Waals surface area contributed by atoms with E-state index in [1.807, 2.05) is 48.7 Å². The van der Waals surface area contributed by atoms with Gasteiger partial charge in [0.1, 0.15) is 19.0 Å². The fraction of sp³-hybridized carbons (Fsp3) is 0.286. The van der Waals surface area contributed by atoms with Crippen LogP contribution in [0.3, 0.4) is 0 Å². The third-order valence-corrected chi connectivity index (χ3v) is 6.55. The number of aryl methyl sites for hydroxylation is 3. The maximum Gasteiger partial charge on any atom is 0.306 e. The quantitative estimate of drug-likeness (QED) is 0.282. The number of fused-ring (bicyclic) bond motifs is 2. The molecule has 0 fully saturated rings. The van der Waals surface area contributed by atoms with Crippen molar-refractivity contribution in [3.63, 3.8) is 0 Å². The molecule has 2 aromatic heterocycles. The molecule has 1 aliphatic rings. The van der Waals surface area contributed by atoms with Crippen LogP contribution >= 0.6 is 0 Å². The summed E-state index contributed by atoms with van der Waals surface area (Å²) in [4.78, 5) is 41.7. The average Bonchev–Trinajstić information content (AvgIpc) is 3.21. The summed E-state index contributed by atoms with van der Waals surface area (Å²) in [5, 5.41) is 0.524. The predicted octanol–water partition coefficient (Wildman–Crippen LogP) is 3.47. The van der Waals surface area contributed by atoms with Gasteiger partial charge in [0.05, 0.1) is 17.3 Å². The molecule has 5 rings (SSSR count). The molecule has 0 aliphatic carbocycles. The first-order chi connectivity index (χ1) is 17.8. The second-order valence-electron chi connectivity index (χ2n) is 8.94. The Morgan fingerprint density at radius 3 is 2.59 bits per heavy atom. The molecule has 37 heavy (non-hydrogen) atoms. The number of rotatable bonds is 7. The molecule has 4 aromatic rings. The summed E-state index contributed by atoms with van der Waals surface area (Å²) in [6.45, 7) is 4.40. The van der Waals surface area contributed by atoms with E-state index in [2.05, 4.69) is 4.98 Å². The van der Waals surface area contributed by atoms with Crippen molar-refractivity contribution in [2.24, 2.45) is 7.05 Å². The number of ketones is 1. The maximum atomic E-state index is 12.9. The van der Waals surface area contributed by atoms with Gasteiger partial charge in [-0.05, 0) is 44.2 Å². The summed E-state index contributed by atoms with van der Waals surface area (Å²) in [5.41, 5.74) is 3.36. The number of aromatic nitrogens is 3. The molecule has 9 heteroatoms. The van der Waals surface area contributed by atoms with E-state index in [1.54, 1.807) is 29.8 Å². The second-order valence-corrected chi connectivity index (χ2v) is 8.94. The first-order valence-electron chi connectivity index (χ1n) is 12.1. The number of hydrogen-bond acceptors (Lipinski definition) is 7. The molecular formula is C28H27N3O6. The topological polar surface area (TPSA) is 102 Å². The fourth-order valence-corrected chi connectivity index (χ4v) is 4.69. The van der Waals surface area contributed by atoms with Gasteiger partial charge in [-0.25, -0.2) is 0 Å². The molecule has 2 aromatic carbocycles. The molecule has 0 amide bonds. The zero-order valence-corrected chi connectivity index (χ0v) is 20.9. The van der Waals surface area contributed by atoms with Gasteiger partial charge < -0.3 is 23.3 Å². The molecule has 3 heterocycles. The van der Waals surface area contributed by atoms with Gasteiger partial charge in [-0.3, -0.25) is 14.4 Å². The van der Waals surface area contributed by atoms with Crippen molar-refractivity contribution in [2.75, 3.05) is 19.8 Å². The van der Waals surface area contributed by atoms with Crippen molar-refractivity contribution in [3.8, 4) is 17.2 Å². The number of benzene rings is 2. The Balaban J connectivity index is 1.24. The number of ether oxygens (including phenoxy) is 3. The van der Waals surface area contributed by atoms with Gasteiger partial charge in [0.2, 0.25) is 5.78 Å². The molecule has 0 unspecified atom stereocenters. The van der Waals surface area contributed by atoms with Crippen LogP contribution in [0.25, 0.3) is 16.6 Å². The van der Waals surface area contributed by atoms with Crippen molar-refractivity contribution in [2.45, 2.75) is 26.7 Å². The van der Waals surface area contributed by atoms with Gasteiger partial charge in [0.15, 0.2) is 18.1 Å². The number of nitrogens with zero attached hydrogens (tertiary/aromatic N) is 3. The van der Waals surface area contributed by atoms with Crippen LogP contribution in [0.15, 0.2) is 53.3 Å². The van der Waals surface area contributed by atoms with E-state index in [0.29, 0.717) is 41.5 Å². The van der Waals surface area contributed by atoms with Crippen molar-refractivity contribution < 1.29 is 23.8 Å². The molecular weight excluding hydrogens is 474 g/mol. The Morgan fingerprint density at radius 1 is 1.03 bits per heavy atom. The van der Waals surface area contributed by atoms with Gasteiger partial charge in [0.25, 0.3) is 5.56 Å². The van der Waals surface area contributed by atoms with Crippen molar-refractivity contribution in [1.82, 2.24) is 14.1 Å². The third-order valence-electron chi connectivity index (χ3n) is 6.55. The molecule has 0 bridgehead atoms. The van der Waals surface area contributed by atoms with Crippen molar-refractivity contribution in [1.29, 1.82) is 0 Å². The molecule has 0 radical (unpaired) electrons. The van der Waals surface area contributed by atoms with Crippen LogP contribution in [0.1, 0.15) is 34.0 Å². The number of Topliss-reactive ketones (excluding diaryl/α,β-unsaturated/α-hetero) is 1. The van der Waals surface area contributed by atoms with Gasteiger partial charge in [-0.2, -0.15) is 4.98 Å². The van der Waals surface area contributed by atoms with Gasteiger partial charge in [0, 0.05) is 42.2 Å². The van der Waals surface area contributed by atoms with Crippen LogP contribution in [0, 0.1) is 13.8 Å². The summed E-state index contributed by atoms with van der Waals surface area (Å²) in [6.07, 6.45) is 0.227. The highest BCUT2D eigenvalue weighted by Crippen LogP contribution is 2.33. The number of esters is 1. The van der Waals surface area contributed by atoms with Crippen molar-refractivity contribution >= 4 is 22.7 Å². The molecule has 0 atom stereocenters. The van der Waals surface area contributed by atoms with Gasteiger partial charge in [-0.1, -0.05) is 12.1 Å². The van der Waals surface area contributed by atoms with Crippen LogP contribution in [0.5, 0.6) is 11.5 Å². The zero-order valence-electron chi connectivity index (χ0n) is 20.9. The van der Waals surface area contributed by atoms with Crippen LogP contribution in [-0.2, 0) is 23.0 Å². The monoisotopic (exact) mass is 501 g/mol. The molecule has 190 valence electrons. The minimum absolute atomic E-state index is 0.00210. The maximum absolute atomic E-state index is 12.9. The summed E-state index contributed by atoms with van der Waals surface area (Å²) in [5.74, 6) is 1.02. The molecule has 1 aliphatic heterocycles. The highest BCUT2D eigenvalue weighted by Gasteiger charge is 2.20. The number of carbonyl (C=O) groups excluding carboxylic acids is 2. The first kappa shape index (κ1) is 24.3. The SMILES string of the molecule is Cc1cc(C(=O)COC(=O)CCc2nc(=O)c3ccccc3n2C)c(C)n1-c1ccc2c(c1)OCCO2. The van der Waals surface area contributed by atoms with Gasteiger partial charge in [-0.15, -0.1) is 0 Å². The first-order valence-corrected chi connectivity index (χ1v) is 12.1. The highest BCUT2D eigenvalue weighted by atomic mass is 16.6. The van der Waals surface area contributed by atoms with E-state index < -0.39 is 5.97 Å². The standard InChI is InChI=1S/C28H27N3O6/c1-17-14-21(18(2)31(17)19-8-9-24-25(15-19)36-13-12-35-24)23(32)16-37-27(33)11-10-26-29-28(34)20-6-4-5-7-22(20)30(26)3/h4-9,14-15H,10-13,16H2,1-3H3. The molecule has 0 saturated carbocycles. The van der Waals surface area contributed by atoms with Crippen LogP contribution in [0.2, 0.25) is 0 Å².